The number of hydrogen-bond acceptors (Lipinski definition) is 3. The molecule has 7 heteroatoms. The van der Waals surface area contributed by atoms with Crippen molar-refractivity contribution >= 4 is 24.0 Å². The van der Waals surface area contributed by atoms with Crippen molar-refractivity contribution < 1.29 is 18.3 Å². The van der Waals surface area contributed by atoms with Crippen LogP contribution in [0.15, 0.2) is 24.3 Å². The van der Waals surface area contributed by atoms with Crippen LogP contribution >= 0.6 is 12.4 Å². The van der Waals surface area contributed by atoms with Gasteiger partial charge in [-0.2, -0.15) is 8.78 Å². The molecule has 1 heterocycles. The van der Waals surface area contributed by atoms with Crippen molar-refractivity contribution in [3.05, 3.63) is 24.3 Å². The van der Waals surface area contributed by atoms with E-state index >= 15 is 0 Å². The third kappa shape index (κ3) is 4.94. The Balaban J connectivity index is 0.00000200. The average Bonchev–Trinajstić information content (AvgIpc) is 2.39. The molecule has 0 aliphatic carbocycles. The van der Waals surface area contributed by atoms with E-state index in [4.69, 9.17) is 0 Å². The minimum atomic E-state index is -2.87. The molecule has 1 saturated heterocycles. The Bertz CT molecular complexity index is 440. The topological polar surface area (TPSA) is 50.4 Å². The molecule has 0 saturated carbocycles. The highest BCUT2D eigenvalue weighted by Crippen LogP contribution is 2.20. The second kappa shape index (κ2) is 8.01. The molecule has 1 aliphatic heterocycles. The first-order chi connectivity index (χ1) is 9.15. The summed E-state index contributed by atoms with van der Waals surface area (Å²) in [6.45, 7) is -2.04. The van der Waals surface area contributed by atoms with Crippen molar-refractivity contribution in [2.75, 3.05) is 11.9 Å². The van der Waals surface area contributed by atoms with Crippen LogP contribution < -0.4 is 15.4 Å². The average molecular weight is 307 g/mol. The standard InChI is InChI=1S/C13H16F2N2O2.ClH/c14-13(15)19-10-5-3-4-9(8-10)17-12(18)11-6-1-2-7-16-11;/h3-5,8,11,13,16H,1-2,6-7H2,(H,17,18);1H/t11-;/m1./s1. The van der Waals surface area contributed by atoms with E-state index in [9.17, 15) is 13.6 Å². The number of carbonyl (C=O) groups excluding carboxylic acids is 1. The molecule has 2 N–H and O–H groups in total. The van der Waals surface area contributed by atoms with Gasteiger partial charge in [0.2, 0.25) is 5.91 Å². The zero-order valence-electron chi connectivity index (χ0n) is 10.8. The van der Waals surface area contributed by atoms with Crippen molar-refractivity contribution in [2.24, 2.45) is 0 Å². The summed E-state index contributed by atoms with van der Waals surface area (Å²) in [6.07, 6.45) is 2.88. The van der Waals surface area contributed by atoms with Crippen LogP contribution in [0.5, 0.6) is 5.75 Å². The van der Waals surface area contributed by atoms with E-state index in [1.54, 1.807) is 12.1 Å². The lowest BCUT2D eigenvalue weighted by Gasteiger charge is -2.22. The Morgan fingerprint density at radius 1 is 1.40 bits per heavy atom. The first kappa shape index (κ1) is 16.7. The smallest absolute Gasteiger partial charge is 0.387 e. The van der Waals surface area contributed by atoms with Crippen LogP contribution in [0.2, 0.25) is 0 Å². The van der Waals surface area contributed by atoms with Gasteiger partial charge in [-0.25, -0.2) is 0 Å². The lowest BCUT2D eigenvalue weighted by atomic mass is 10.0. The number of ether oxygens (including phenoxy) is 1. The molecular formula is C13H17ClF2N2O2. The van der Waals surface area contributed by atoms with Crippen LogP contribution in [0.4, 0.5) is 14.5 Å². The minimum Gasteiger partial charge on any atom is -0.435 e. The number of rotatable bonds is 4. The summed E-state index contributed by atoms with van der Waals surface area (Å²) < 4.78 is 28.5. The van der Waals surface area contributed by atoms with Crippen LogP contribution in [-0.4, -0.2) is 25.1 Å². The summed E-state index contributed by atoms with van der Waals surface area (Å²) in [5.41, 5.74) is 0.454. The maximum atomic E-state index is 12.1. The fourth-order valence-corrected chi connectivity index (χ4v) is 2.06. The predicted molar refractivity (Wildman–Crippen MR) is 74.6 cm³/mol. The third-order valence-electron chi connectivity index (χ3n) is 2.95. The van der Waals surface area contributed by atoms with Crippen molar-refractivity contribution in [1.82, 2.24) is 5.32 Å². The molecule has 1 aliphatic rings. The largest absolute Gasteiger partial charge is 0.435 e. The number of benzene rings is 1. The number of hydrogen-bond donors (Lipinski definition) is 2. The lowest BCUT2D eigenvalue weighted by Crippen LogP contribution is -2.43. The fraction of sp³-hybridized carbons (Fsp3) is 0.462. The number of piperidine rings is 1. The summed E-state index contributed by atoms with van der Waals surface area (Å²) in [7, 11) is 0. The quantitative estimate of drug-likeness (QED) is 0.899. The number of anilines is 1. The number of carbonyl (C=O) groups is 1. The van der Waals surface area contributed by atoms with Crippen LogP contribution in [0.1, 0.15) is 19.3 Å². The molecule has 0 unspecified atom stereocenters. The first-order valence-electron chi connectivity index (χ1n) is 6.24. The number of halogens is 3. The number of alkyl halides is 2. The van der Waals surface area contributed by atoms with Crippen molar-refractivity contribution in [2.45, 2.75) is 31.9 Å². The summed E-state index contributed by atoms with van der Waals surface area (Å²) in [5.74, 6) is -0.113. The fourth-order valence-electron chi connectivity index (χ4n) is 2.06. The molecule has 0 spiro atoms. The van der Waals surface area contributed by atoms with Gasteiger partial charge in [0.25, 0.3) is 0 Å². The van der Waals surface area contributed by atoms with Gasteiger partial charge in [-0.15, -0.1) is 12.4 Å². The lowest BCUT2D eigenvalue weighted by molar-refractivity contribution is -0.118. The van der Waals surface area contributed by atoms with Crippen molar-refractivity contribution in [3.63, 3.8) is 0 Å². The van der Waals surface area contributed by atoms with Crippen LogP contribution in [0, 0.1) is 0 Å². The van der Waals surface area contributed by atoms with E-state index in [2.05, 4.69) is 15.4 Å². The second-order valence-corrected chi connectivity index (χ2v) is 4.40. The normalized spacial score (nSPS) is 18.2. The minimum absolute atomic E-state index is 0. The SMILES string of the molecule is Cl.O=C(Nc1cccc(OC(F)F)c1)[C@H]1CCCCN1. The van der Waals surface area contributed by atoms with Gasteiger partial charge >= 0.3 is 6.61 Å². The highest BCUT2D eigenvalue weighted by molar-refractivity contribution is 5.95. The van der Waals surface area contributed by atoms with Gasteiger partial charge in [-0.1, -0.05) is 12.5 Å². The summed E-state index contributed by atoms with van der Waals surface area (Å²) in [4.78, 5) is 11.9. The Labute approximate surface area is 122 Å². The van der Waals surface area contributed by atoms with E-state index < -0.39 is 6.61 Å². The maximum Gasteiger partial charge on any atom is 0.387 e. The first-order valence-corrected chi connectivity index (χ1v) is 6.24. The van der Waals surface area contributed by atoms with Crippen molar-refractivity contribution in [1.29, 1.82) is 0 Å². The van der Waals surface area contributed by atoms with Gasteiger partial charge in [0.15, 0.2) is 0 Å². The van der Waals surface area contributed by atoms with Gasteiger partial charge in [-0.3, -0.25) is 4.79 Å². The Morgan fingerprint density at radius 3 is 2.85 bits per heavy atom. The summed E-state index contributed by atoms with van der Waals surface area (Å²) in [5, 5.41) is 5.82. The van der Waals surface area contributed by atoms with E-state index in [1.165, 1.54) is 12.1 Å². The maximum absolute atomic E-state index is 12.1. The van der Waals surface area contributed by atoms with Gasteiger partial charge < -0.3 is 15.4 Å². The van der Waals surface area contributed by atoms with Gasteiger partial charge in [0.1, 0.15) is 5.75 Å². The second-order valence-electron chi connectivity index (χ2n) is 4.40. The molecule has 2 rings (SSSR count). The van der Waals surface area contributed by atoms with Crippen molar-refractivity contribution in [3.8, 4) is 5.75 Å². The molecule has 1 fully saturated rings. The molecule has 1 aromatic rings. The van der Waals surface area contributed by atoms with Gasteiger partial charge in [0, 0.05) is 11.8 Å². The van der Waals surface area contributed by atoms with E-state index in [0.717, 1.165) is 25.8 Å². The highest BCUT2D eigenvalue weighted by atomic mass is 35.5. The Morgan fingerprint density at radius 2 is 2.20 bits per heavy atom. The van der Waals surface area contributed by atoms with E-state index in [1.807, 2.05) is 0 Å². The Kier molecular flexibility index (Phi) is 6.67. The van der Waals surface area contributed by atoms with E-state index in [0.29, 0.717) is 5.69 Å². The van der Waals surface area contributed by atoms with Crippen LogP contribution in [0.3, 0.4) is 0 Å². The van der Waals surface area contributed by atoms with Gasteiger partial charge in [-0.05, 0) is 31.5 Å². The molecule has 1 atom stereocenters. The summed E-state index contributed by atoms with van der Waals surface area (Å²) >= 11 is 0. The number of nitrogens with one attached hydrogen (secondary N) is 2. The van der Waals surface area contributed by atoms with E-state index in [-0.39, 0.29) is 30.1 Å². The molecule has 0 bridgehead atoms. The molecule has 20 heavy (non-hydrogen) atoms. The zero-order chi connectivity index (χ0) is 13.7. The van der Waals surface area contributed by atoms with Crippen LogP contribution in [0.25, 0.3) is 0 Å². The zero-order valence-corrected chi connectivity index (χ0v) is 11.6. The molecule has 0 radical (unpaired) electrons. The molecule has 0 aromatic heterocycles. The highest BCUT2D eigenvalue weighted by Gasteiger charge is 2.20. The van der Waals surface area contributed by atoms with Crippen LogP contribution in [-0.2, 0) is 4.79 Å². The Hall–Kier alpha value is -1.40. The third-order valence-corrected chi connectivity index (χ3v) is 2.95. The molecule has 1 aromatic carbocycles. The molecule has 1 amide bonds. The number of amides is 1. The monoisotopic (exact) mass is 306 g/mol. The summed E-state index contributed by atoms with van der Waals surface area (Å²) in [6, 6.07) is 5.78. The predicted octanol–water partition coefficient (Wildman–Crippen LogP) is 2.79. The molecule has 112 valence electrons. The van der Waals surface area contributed by atoms with Gasteiger partial charge in [0.05, 0.1) is 6.04 Å². The molecular weight excluding hydrogens is 290 g/mol. The molecule has 4 nitrogen and oxygen atoms in total.